The molecule has 2 heterocycles. The van der Waals surface area contributed by atoms with Crippen LogP contribution in [0.2, 0.25) is 0 Å². The Bertz CT molecular complexity index is 1120. The van der Waals surface area contributed by atoms with Crippen LogP contribution in [0.4, 0.5) is 5.69 Å². The Morgan fingerprint density at radius 2 is 1.94 bits per heavy atom. The minimum Gasteiger partial charge on any atom is -0.490 e. The van der Waals surface area contributed by atoms with Gasteiger partial charge in [-0.2, -0.15) is 5.10 Å². The van der Waals surface area contributed by atoms with Crippen molar-refractivity contribution in [3.63, 3.8) is 0 Å². The van der Waals surface area contributed by atoms with Gasteiger partial charge in [0.05, 0.1) is 23.2 Å². The van der Waals surface area contributed by atoms with Gasteiger partial charge in [-0.1, -0.05) is 18.2 Å². The number of hydrogen-bond donors (Lipinski definition) is 1. The van der Waals surface area contributed by atoms with Gasteiger partial charge in [0.2, 0.25) is 7.37 Å². The summed E-state index contributed by atoms with van der Waals surface area (Å²) >= 11 is 0. The van der Waals surface area contributed by atoms with Crippen molar-refractivity contribution in [2.75, 3.05) is 19.4 Å². The minimum absolute atomic E-state index is 0.0649. The van der Waals surface area contributed by atoms with Crippen LogP contribution in [0.25, 0.3) is 0 Å². The van der Waals surface area contributed by atoms with Gasteiger partial charge in [0, 0.05) is 42.8 Å². The quantitative estimate of drug-likeness (QED) is 0.162. The summed E-state index contributed by atoms with van der Waals surface area (Å²) in [4.78, 5) is 20.8. The largest absolute Gasteiger partial charge is 0.498 e. The lowest BCUT2D eigenvalue weighted by molar-refractivity contribution is -0.385. The van der Waals surface area contributed by atoms with Crippen LogP contribution in [-0.4, -0.2) is 57.4 Å². The fourth-order valence-corrected chi connectivity index (χ4v) is 4.93. The van der Waals surface area contributed by atoms with Gasteiger partial charge in [-0.05, 0) is 52.2 Å². The van der Waals surface area contributed by atoms with Crippen LogP contribution in [0.3, 0.4) is 0 Å². The number of benzene rings is 1. The van der Waals surface area contributed by atoms with Gasteiger partial charge >= 0.3 is 12.8 Å². The SMILES string of the molecule is COc1cc(CC=CCP(=O)(O)CCCn2cc(B3OC(C)(C)C(C)(C)O3)cn2)ccc1[N+](=O)[O-]. The van der Waals surface area contributed by atoms with Crippen molar-refractivity contribution in [3.05, 3.63) is 58.4 Å². The van der Waals surface area contributed by atoms with Gasteiger partial charge < -0.3 is 18.9 Å². The Kier molecular flexibility index (Phi) is 8.27. The Morgan fingerprint density at radius 3 is 2.57 bits per heavy atom. The van der Waals surface area contributed by atoms with Gasteiger partial charge in [0.25, 0.3) is 0 Å². The Labute approximate surface area is 206 Å². The van der Waals surface area contributed by atoms with Gasteiger partial charge in [-0.3, -0.25) is 19.4 Å². The Hall–Kier alpha value is -2.46. The van der Waals surface area contributed by atoms with E-state index < -0.39 is 30.6 Å². The van der Waals surface area contributed by atoms with E-state index in [2.05, 4.69) is 5.10 Å². The molecule has 35 heavy (non-hydrogen) atoms. The third kappa shape index (κ3) is 6.82. The van der Waals surface area contributed by atoms with E-state index in [-0.39, 0.29) is 23.8 Å². The monoisotopic (exact) mass is 505 g/mol. The van der Waals surface area contributed by atoms with Crippen LogP contribution in [0.1, 0.15) is 39.7 Å². The van der Waals surface area contributed by atoms with Gasteiger partial charge in [0.15, 0.2) is 5.75 Å². The second-order valence-electron chi connectivity index (χ2n) is 9.67. The fraction of sp³-hybridized carbons (Fsp3) is 0.522. The molecule has 1 fully saturated rings. The molecule has 1 unspecified atom stereocenters. The first kappa shape index (κ1) is 27.1. The van der Waals surface area contributed by atoms with Crippen molar-refractivity contribution in [1.29, 1.82) is 0 Å². The van der Waals surface area contributed by atoms with E-state index in [1.54, 1.807) is 35.2 Å². The van der Waals surface area contributed by atoms with Crippen LogP contribution < -0.4 is 10.2 Å². The molecule has 1 aromatic heterocycles. The number of rotatable bonds is 11. The predicted octanol–water partition coefficient (Wildman–Crippen LogP) is 3.56. The Morgan fingerprint density at radius 1 is 1.26 bits per heavy atom. The minimum atomic E-state index is -3.33. The zero-order chi connectivity index (χ0) is 25.9. The molecule has 0 aliphatic carbocycles. The van der Waals surface area contributed by atoms with Crippen LogP contribution in [0.5, 0.6) is 5.75 Å². The molecule has 2 aromatic rings. The van der Waals surface area contributed by atoms with Gasteiger partial charge in [-0.25, -0.2) is 0 Å². The molecule has 0 saturated carbocycles. The van der Waals surface area contributed by atoms with Crippen molar-refractivity contribution >= 4 is 25.6 Å². The topological polar surface area (TPSA) is 126 Å². The second kappa shape index (κ2) is 10.7. The van der Waals surface area contributed by atoms with Crippen LogP contribution >= 0.6 is 7.37 Å². The number of nitrogens with zero attached hydrogens (tertiary/aromatic N) is 3. The highest BCUT2D eigenvalue weighted by atomic mass is 31.2. The molecule has 12 heteroatoms. The lowest BCUT2D eigenvalue weighted by Crippen LogP contribution is -2.41. The van der Waals surface area contributed by atoms with Crippen LogP contribution in [0.15, 0.2) is 42.7 Å². The smallest absolute Gasteiger partial charge is 0.490 e. The Balaban J connectivity index is 1.45. The van der Waals surface area contributed by atoms with E-state index in [1.165, 1.54) is 13.2 Å². The molecule has 1 N–H and O–H groups in total. The lowest BCUT2D eigenvalue weighted by Gasteiger charge is -2.32. The molecule has 1 aromatic carbocycles. The molecule has 1 aliphatic rings. The number of hydrogen-bond acceptors (Lipinski definition) is 7. The number of nitro groups is 1. The average molecular weight is 505 g/mol. The molecule has 0 bridgehead atoms. The predicted molar refractivity (Wildman–Crippen MR) is 135 cm³/mol. The molecule has 0 spiro atoms. The van der Waals surface area contributed by atoms with E-state index in [9.17, 15) is 19.6 Å². The molecule has 1 atom stereocenters. The molecule has 0 amide bonds. The summed E-state index contributed by atoms with van der Waals surface area (Å²) in [6.07, 6.45) is 8.24. The molecule has 0 radical (unpaired) electrons. The zero-order valence-electron chi connectivity index (χ0n) is 20.8. The first-order valence-electron chi connectivity index (χ1n) is 11.5. The summed E-state index contributed by atoms with van der Waals surface area (Å²) in [5.74, 6) is 0.189. The molecule has 1 aliphatic heterocycles. The highest BCUT2D eigenvalue weighted by Gasteiger charge is 2.52. The average Bonchev–Trinajstić information content (AvgIpc) is 3.32. The third-order valence-corrected chi connectivity index (χ3v) is 8.22. The zero-order valence-corrected chi connectivity index (χ0v) is 21.7. The maximum atomic E-state index is 12.5. The second-order valence-corrected chi connectivity index (χ2v) is 12.2. The maximum absolute atomic E-state index is 12.5. The van der Waals surface area contributed by atoms with E-state index in [0.717, 1.165) is 11.0 Å². The highest BCUT2D eigenvalue weighted by molar-refractivity contribution is 7.58. The first-order valence-corrected chi connectivity index (χ1v) is 13.5. The number of aromatic nitrogens is 2. The standard InChI is InChI=1S/C23H33BN3O7P/c1-22(2)23(3,4)34-24(33-22)19-16-25-26(17-19)12-8-14-35(30,31)13-7-6-9-18-10-11-20(27(28)29)21(15-18)32-5/h6-7,10-11,15-17H,8-9,12-14H2,1-5H3,(H,30,31). The molecule has 3 rings (SSSR count). The molecule has 1 saturated heterocycles. The van der Waals surface area contributed by atoms with Crippen LogP contribution in [-0.2, 0) is 26.8 Å². The van der Waals surface area contributed by atoms with Crippen molar-refractivity contribution in [3.8, 4) is 5.75 Å². The van der Waals surface area contributed by atoms with E-state index in [0.29, 0.717) is 19.4 Å². The molecular weight excluding hydrogens is 472 g/mol. The van der Waals surface area contributed by atoms with Crippen molar-refractivity contribution in [2.24, 2.45) is 0 Å². The number of nitro benzene ring substituents is 1. The summed E-state index contributed by atoms with van der Waals surface area (Å²) in [5, 5.41) is 15.3. The highest BCUT2D eigenvalue weighted by Crippen LogP contribution is 2.41. The number of methoxy groups -OCH3 is 1. The normalized spacial score (nSPS) is 18.6. The molecule has 10 nitrogen and oxygen atoms in total. The fourth-order valence-electron chi connectivity index (χ4n) is 3.63. The third-order valence-electron chi connectivity index (χ3n) is 6.43. The lowest BCUT2D eigenvalue weighted by atomic mass is 9.82. The van der Waals surface area contributed by atoms with E-state index in [1.807, 2.05) is 33.9 Å². The summed E-state index contributed by atoms with van der Waals surface area (Å²) in [6, 6.07) is 4.64. The van der Waals surface area contributed by atoms with E-state index in [4.69, 9.17) is 14.0 Å². The first-order chi connectivity index (χ1) is 16.3. The van der Waals surface area contributed by atoms with Gasteiger partial charge in [-0.15, -0.1) is 0 Å². The van der Waals surface area contributed by atoms with E-state index >= 15 is 0 Å². The van der Waals surface area contributed by atoms with Crippen molar-refractivity contribution in [1.82, 2.24) is 9.78 Å². The van der Waals surface area contributed by atoms with Crippen molar-refractivity contribution in [2.45, 2.75) is 58.3 Å². The summed E-state index contributed by atoms with van der Waals surface area (Å²) < 4.78 is 31.4. The number of ether oxygens (including phenoxy) is 1. The van der Waals surface area contributed by atoms with Crippen molar-refractivity contribution < 1.29 is 28.4 Å². The number of aryl methyl sites for hydroxylation is 1. The summed E-state index contributed by atoms with van der Waals surface area (Å²) in [7, 11) is -2.43. The summed E-state index contributed by atoms with van der Waals surface area (Å²) in [5.41, 5.74) is 0.679. The maximum Gasteiger partial charge on any atom is 0.498 e. The molecular formula is C23H33BN3O7P. The molecule has 190 valence electrons. The van der Waals surface area contributed by atoms with Crippen LogP contribution in [0, 0.1) is 10.1 Å². The summed E-state index contributed by atoms with van der Waals surface area (Å²) in [6.45, 7) is 8.48. The van der Waals surface area contributed by atoms with Gasteiger partial charge in [0.1, 0.15) is 0 Å². The number of allylic oxidation sites excluding steroid dienone is 2.